The van der Waals surface area contributed by atoms with E-state index < -0.39 is 5.92 Å². The molecule has 18 heavy (non-hydrogen) atoms. The number of rotatable bonds is 3. The fourth-order valence-electron chi connectivity index (χ4n) is 2.27. The van der Waals surface area contributed by atoms with Crippen molar-refractivity contribution in [3.05, 3.63) is 29.6 Å². The standard InChI is InChI=1S/C13H15FN2OS/c1-2-10(12(15)18)13(17)16-6-5-8-3-4-9(14)7-11(8)16/h3-4,7,10H,2,5-6H2,1H3,(H2,15,18). The fourth-order valence-corrected chi connectivity index (χ4v) is 2.53. The van der Waals surface area contributed by atoms with Crippen molar-refractivity contribution in [3.8, 4) is 0 Å². The van der Waals surface area contributed by atoms with Crippen LogP contribution in [0.5, 0.6) is 0 Å². The highest BCUT2D eigenvalue weighted by molar-refractivity contribution is 7.80. The summed E-state index contributed by atoms with van der Waals surface area (Å²) in [6.07, 6.45) is 1.31. The summed E-state index contributed by atoms with van der Waals surface area (Å²) in [5, 5.41) is 0. The molecule has 1 aliphatic heterocycles. The van der Waals surface area contributed by atoms with Gasteiger partial charge in [0, 0.05) is 12.2 Å². The summed E-state index contributed by atoms with van der Waals surface area (Å²) < 4.78 is 13.3. The van der Waals surface area contributed by atoms with Crippen LogP contribution in [0.2, 0.25) is 0 Å². The molecule has 0 radical (unpaired) electrons. The van der Waals surface area contributed by atoms with E-state index in [9.17, 15) is 9.18 Å². The first kappa shape index (κ1) is 13.0. The van der Waals surface area contributed by atoms with Gasteiger partial charge in [-0.15, -0.1) is 0 Å². The van der Waals surface area contributed by atoms with Gasteiger partial charge in [-0.1, -0.05) is 25.2 Å². The van der Waals surface area contributed by atoms with Crippen molar-refractivity contribution < 1.29 is 9.18 Å². The largest absolute Gasteiger partial charge is 0.393 e. The Morgan fingerprint density at radius 3 is 2.94 bits per heavy atom. The van der Waals surface area contributed by atoms with Crippen molar-refractivity contribution in [1.82, 2.24) is 0 Å². The predicted molar refractivity (Wildman–Crippen MR) is 73.0 cm³/mol. The molecule has 96 valence electrons. The van der Waals surface area contributed by atoms with E-state index in [0.29, 0.717) is 18.7 Å². The molecule has 1 aromatic carbocycles. The molecular formula is C13H15FN2OS. The number of halogens is 1. The Kier molecular flexibility index (Phi) is 3.61. The normalized spacial score (nSPS) is 15.3. The molecule has 0 fully saturated rings. The van der Waals surface area contributed by atoms with Crippen molar-refractivity contribution in [2.75, 3.05) is 11.4 Å². The first-order valence-electron chi connectivity index (χ1n) is 5.93. The van der Waals surface area contributed by atoms with Crippen LogP contribution < -0.4 is 10.6 Å². The van der Waals surface area contributed by atoms with Gasteiger partial charge in [-0.05, 0) is 30.5 Å². The van der Waals surface area contributed by atoms with E-state index in [2.05, 4.69) is 0 Å². The third kappa shape index (κ3) is 2.22. The van der Waals surface area contributed by atoms with Crippen LogP contribution in [0.15, 0.2) is 18.2 Å². The zero-order valence-corrected chi connectivity index (χ0v) is 11.0. The van der Waals surface area contributed by atoms with Crippen molar-refractivity contribution in [2.45, 2.75) is 19.8 Å². The van der Waals surface area contributed by atoms with Crippen LogP contribution in [0.3, 0.4) is 0 Å². The SMILES string of the molecule is CCC(C(=O)N1CCc2ccc(F)cc21)C(N)=S. The molecule has 1 amide bonds. The van der Waals surface area contributed by atoms with Gasteiger partial charge in [-0.3, -0.25) is 4.79 Å². The molecule has 1 aromatic rings. The van der Waals surface area contributed by atoms with E-state index in [0.717, 1.165) is 12.0 Å². The van der Waals surface area contributed by atoms with Crippen molar-refractivity contribution in [3.63, 3.8) is 0 Å². The predicted octanol–water partition coefficient (Wildman–Crippen LogP) is 2.03. The molecule has 1 atom stereocenters. The molecule has 0 bridgehead atoms. The third-order valence-electron chi connectivity index (χ3n) is 3.26. The molecule has 0 saturated carbocycles. The molecular weight excluding hydrogens is 251 g/mol. The van der Waals surface area contributed by atoms with E-state index in [1.807, 2.05) is 6.92 Å². The van der Waals surface area contributed by atoms with Gasteiger partial charge in [0.15, 0.2) is 0 Å². The second kappa shape index (κ2) is 5.02. The number of benzene rings is 1. The molecule has 2 rings (SSSR count). The second-order valence-corrected chi connectivity index (χ2v) is 4.85. The van der Waals surface area contributed by atoms with Crippen LogP contribution in [0.25, 0.3) is 0 Å². The first-order valence-corrected chi connectivity index (χ1v) is 6.34. The summed E-state index contributed by atoms with van der Waals surface area (Å²) in [4.78, 5) is 14.1. The number of amides is 1. The van der Waals surface area contributed by atoms with E-state index >= 15 is 0 Å². The van der Waals surface area contributed by atoms with Crippen molar-refractivity contribution >= 4 is 28.8 Å². The van der Waals surface area contributed by atoms with Gasteiger partial charge in [-0.2, -0.15) is 0 Å². The van der Waals surface area contributed by atoms with Crippen LogP contribution in [-0.4, -0.2) is 17.4 Å². The minimum absolute atomic E-state index is 0.130. The van der Waals surface area contributed by atoms with Crippen LogP contribution in [-0.2, 0) is 11.2 Å². The minimum atomic E-state index is -0.464. The lowest BCUT2D eigenvalue weighted by Gasteiger charge is -2.22. The average Bonchev–Trinajstić information content (AvgIpc) is 2.71. The molecule has 2 N–H and O–H groups in total. The van der Waals surface area contributed by atoms with Gasteiger partial charge in [-0.25, -0.2) is 4.39 Å². The van der Waals surface area contributed by atoms with Gasteiger partial charge in [0.05, 0.1) is 10.9 Å². The summed E-state index contributed by atoms with van der Waals surface area (Å²) in [5.41, 5.74) is 7.21. The Labute approximate surface area is 111 Å². The van der Waals surface area contributed by atoms with Crippen molar-refractivity contribution in [2.24, 2.45) is 11.7 Å². The molecule has 0 spiro atoms. The van der Waals surface area contributed by atoms with Crippen LogP contribution >= 0.6 is 12.2 Å². The Bertz CT molecular complexity index is 504. The molecule has 1 unspecified atom stereocenters. The number of nitrogens with zero attached hydrogens (tertiary/aromatic N) is 1. The minimum Gasteiger partial charge on any atom is -0.393 e. The Morgan fingerprint density at radius 1 is 1.61 bits per heavy atom. The maximum atomic E-state index is 13.3. The first-order chi connectivity index (χ1) is 8.54. The lowest BCUT2D eigenvalue weighted by Crippen LogP contribution is -2.40. The smallest absolute Gasteiger partial charge is 0.236 e. The summed E-state index contributed by atoms with van der Waals surface area (Å²) in [6, 6.07) is 4.53. The highest BCUT2D eigenvalue weighted by Gasteiger charge is 2.30. The zero-order valence-electron chi connectivity index (χ0n) is 10.1. The molecule has 1 aliphatic rings. The average molecular weight is 266 g/mol. The number of anilines is 1. The lowest BCUT2D eigenvalue weighted by molar-refractivity contribution is -0.120. The highest BCUT2D eigenvalue weighted by atomic mass is 32.1. The van der Waals surface area contributed by atoms with Gasteiger partial charge < -0.3 is 10.6 Å². The Morgan fingerprint density at radius 2 is 2.33 bits per heavy atom. The summed E-state index contributed by atoms with van der Waals surface area (Å²) in [5.74, 6) is -0.930. The molecule has 0 aliphatic carbocycles. The van der Waals surface area contributed by atoms with Crippen molar-refractivity contribution in [1.29, 1.82) is 0 Å². The number of carbonyl (C=O) groups is 1. The number of carbonyl (C=O) groups excluding carboxylic acids is 1. The molecule has 5 heteroatoms. The fraction of sp³-hybridized carbons (Fsp3) is 0.385. The lowest BCUT2D eigenvalue weighted by atomic mass is 10.1. The van der Waals surface area contributed by atoms with Gasteiger partial charge >= 0.3 is 0 Å². The molecule has 3 nitrogen and oxygen atoms in total. The monoisotopic (exact) mass is 266 g/mol. The summed E-state index contributed by atoms with van der Waals surface area (Å²) >= 11 is 4.91. The number of thiocarbonyl (C=S) groups is 1. The number of nitrogens with two attached hydrogens (primary N) is 1. The number of hydrogen-bond donors (Lipinski definition) is 1. The molecule has 0 saturated heterocycles. The van der Waals surface area contributed by atoms with Gasteiger partial charge in [0.25, 0.3) is 0 Å². The quantitative estimate of drug-likeness (QED) is 0.851. The van der Waals surface area contributed by atoms with E-state index in [4.69, 9.17) is 18.0 Å². The van der Waals surface area contributed by atoms with E-state index in [1.54, 1.807) is 11.0 Å². The third-order valence-corrected chi connectivity index (χ3v) is 3.54. The summed E-state index contributed by atoms with van der Waals surface area (Å²) in [7, 11) is 0. The highest BCUT2D eigenvalue weighted by Crippen LogP contribution is 2.30. The number of fused-ring (bicyclic) bond motifs is 1. The van der Waals surface area contributed by atoms with Gasteiger partial charge in [0.1, 0.15) is 5.82 Å². The van der Waals surface area contributed by atoms with Crippen LogP contribution in [0.4, 0.5) is 10.1 Å². The molecule has 0 aromatic heterocycles. The Balaban J connectivity index is 2.30. The summed E-state index contributed by atoms with van der Waals surface area (Å²) in [6.45, 7) is 2.43. The topological polar surface area (TPSA) is 46.3 Å². The second-order valence-electron chi connectivity index (χ2n) is 4.38. The molecule has 1 heterocycles. The maximum Gasteiger partial charge on any atom is 0.236 e. The maximum absolute atomic E-state index is 13.3. The van der Waals surface area contributed by atoms with Crippen LogP contribution in [0.1, 0.15) is 18.9 Å². The van der Waals surface area contributed by atoms with E-state index in [1.165, 1.54) is 12.1 Å². The zero-order chi connectivity index (χ0) is 13.3. The van der Waals surface area contributed by atoms with Gasteiger partial charge in [0.2, 0.25) is 5.91 Å². The Hall–Kier alpha value is -1.49. The van der Waals surface area contributed by atoms with E-state index in [-0.39, 0.29) is 16.7 Å². The van der Waals surface area contributed by atoms with Crippen LogP contribution in [0, 0.1) is 11.7 Å². The number of hydrogen-bond acceptors (Lipinski definition) is 2.